The third-order valence-corrected chi connectivity index (χ3v) is 3.81. The number of benzene rings is 1. The van der Waals surface area contributed by atoms with Crippen LogP contribution in [0.4, 0.5) is 0 Å². The van der Waals surface area contributed by atoms with Gasteiger partial charge in [-0.1, -0.05) is 30.7 Å². The molecule has 1 unspecified atom stereocenters. The highest BCUT2D eigenvalue weighted by Crippen LogP contribution is 2.15. The molecule has 0 radical (unpaired) electrons. The number of amides is 1. The van der Waals surface area contributed by atoms with Gasteiger partial charge in [0.05, 0.1) is 0 Å². The van der Waals surface area contributed by atoms with Crippen LogP contribution in [0.3, 0.4) is 0 Å². The first-order valence-corrected chi connectivity index (χ1v) is 6.77. The molecule has 106 valence electrons. The van der Waals surface area contributed by atoms with Gasteiger partial charge in [0.15, 0.2) is 0 Å². The first kappa shape index (κ1) is 16.3. The zero-order valence-electron chi connectivity index (χ0n) is 11.0. The lowest BCUT2D eigenvalue weighted by molar-refractivity contribution is -0.126. The molecule has 1 fully saturated rings. The monoisotopic (exact) mass is 302 g/mol. The fourth-order valence-electron chi connectivity index (χ4n) is 2.02. The Morgan fingerprint density at radius 1 is 1.42 bits per heavy atom. The van der Waals surface area contributed by atoms with Crippen molar-refractivity contribution < 1.29 is 4.79 Å². The van der Waals surface area contributed by atoms with Crippen LogP contribution < -0.4 is 10.6 Å². The first-order chi connectivity index (χ1) is 8.66. The Kier molecular flexibility index (Phi) is 6.63. The number of hydrogen-bond acceptors (Lipinski definition) is 2. The minimum atomic E-state index is 0. The van der Waals surface area contributed by atoms with E-state index in [-0.39, 0.29) is 24.2 Å². The highest BCUT2D eigenvalue weighted by Gasteiger charge is 2.28. The van der Waals surface area contributed by atoms with Crippen LogP contribution in [-0.4, -0.2) is 25.5 Å². The van der Waals surface area contributed by atoms with Crippen molar-refractivity contribution in [2.45, 2.75) is 13.3 Å². The topological polar surface area (TPSA) is 41.1 Å². The van der Waals surface area contributed by atoms with Crippen LogP contribution >= 0.6 is 24.0 Å². The molecule has 19 heavy (non-hydrogen) atoms. The molecule has 0 spiro atoms. The number of carbonyl (C=O) groups excluding carboxylic acids is 1. The molecule has 0 bridgehead atoms. The maximum absolute atomic E-state index is 11.9. The third-order valence-electron chi connectivity index (χ3n) is 3.56. The minimum Gasteiger partial charge on any atom is -0.356 e. The number of halogens is 2. The molecule has 1 saturated heterocycles. The molecule has 1 amide bonds. The molecule has 5 heteroatoms. The van der Waals surface area contributed by atoms with Crippen molar-refractivity contribution >= 4 is 29.9 Å². The number of rotatable bonds is 5. The van der Waals surface area contributed by atoms with E-state index in [1.165, 1.54) is 5.56 Å². The number of carbonyl (C=O) groups is 1. The minimum absolute atomic E-state index is 0. The quantitative estimate of drug-likeness (QED) is 0.876. The van der Waals surface area contributed by atoms with Gasteiger partial charge in [-0.2, -0.15) is 0 Å². The molecule has 1 aromatic carbocycles. The Morgan fingerprint density at radius 3 is 2.58 bits per heavy atom. The van der Waals surface area contributed by atoms with Crippen LogP contribution in [0, 0.1) is 11.8 Å². The van der Waals surface area contributed by atoms with Crippen molar-refractivity contribution in [3.8, 4) is 0 Å². The van der Waals surface area contributed by atoms with Gasteiger partial charge in [0.25, 0.3) is 0 Å². The van der Waals surface area contributed by atoms with Gasteiger partial charge in [0.1, 0.15) is 0 Å². The van der Waals surface area contributed by atoms with Gasteiger partial charge in [0, 0.05) is 17.5 Å². The Hall–Kier alpha value is -0.770. The number of hydrogen-bond donors (Lipinski definition) is 2. The Bertz CT molecular complexity index is 404. The van der Waals surface area contributed by atoms with E-state index in [1.807, 2.05) is 31.2 Å². The Balaban J connectivity index is 0.00000180. The van der Waals surface area contributed by atoms with E-state index in [1.54, 1.807) is 0 Å². The van der Waals surface area contributed by atoms with Gasteiger partial charge in [-0.3, -0.25) is 4.79 Å². The summed E-state index contributed by atoms with van der Waals surface area (Å²) in [6, 6.07) is 7.74. The van der Waals surface area contributed by atoms with Crippen molar-refractivity contribution in [3.63, 3.8) is 0 Å². The van der Waals surface area contributed by atoms with Crippen molar-refractivity contribution in [1.82, 2.24) is 10.6 Å². The highest BCUT2D eigenvalue weighted by atomic mass is 35.5. The third kappa shape index (κ3) is 4.68. The maximum atomic E-state index is 11.9. The lowest BCUT2D eigenvalue weighted by Crippen LogP contribution is -2.49. The summed E-state index contributed by atoms with van der Waals surface area (Å²) >= 11 is 5.82. The van der Waals surface area contributed by atoms with Crippen LogP contribution in [0.5, 0.6) is 0 Å². The van der Waals surface area contributed by atoms with E-state index in [2.05, 4.69) is 10.6 Å². The molecule has 1 aliphatic rings. The standard InChI is InChI=1S/C14H19ClN2O.ClH/c1-10(12-8-16-9-12)14(18)17-7-6-11-2-4-13(15)5-3-11;/h2-5,10,12,16H,6-9H2,1H3,(H,17,18);1H. The zero-order valence-corrected chi connectivity index (χ0v) is 12.6. The molecule has 1 heterocycles. The maximum Gasteiger partial charge on any atom is 0.223 e. The summed E-state index contributed by atoms with van der Waals surface area (Å²) in [4.78, 5) is 11.9. The van der Waals surface area contributed by atoms with Gasteiger partial charge in [-0.25, -0.2) is 0 Å². The molecule has 2 rings (SSSR count). The van der Waals surface area contributed by atoms with Crippen LogP contribution in [-0.2, 0) is 11.2 Å². The van der Waals surface area contributed by atoms with E-state index >= 15 is 0 Å². The summed E-state index contributed by atoms with van der Waals surface area (Å²) in [5.41, 5.74) is 1.19. The lowest BCUT2D eigenvalue weighted by atomic mass is 9.88. The molecule has 1 atom stereocenters. The molecule has 0 saturated carbocycles. The van der Waals surface area contributed by atoms with Crippen molar-refractivity contribution in [2.75, 3.05) is 19.6 Å². The lowest BCUT2D eigenvalue weighted by Gasteiger charge is -2.31. The van der Waals surface area contributed by atoms with Crippen molar-refractivity contribution in [1.29, 1.82) is 0 Å². The average Bonchev–Trinajstić information content (AvgIpc) is 2.29. The summed E-state index contributed by atoms with van der Waals surface area (Å²) in [5.74, 6) is 0.771. The molecule has 0 aliphatic carbocycles. The molecule has 2 N–H and O–H groups in total. The SMILES string of the molecule is CC(C(=O)NCCc1ccc(Cl)cc1)C1CNC1.Cl. The zero-order chi connectivity index (χ0) is 13.0. The molecule has 1 aliphatic heterocycles. The van der Waals surface area contributed by atoms with E-state index in [4.69, 9.17) is 11.6 Å². The normalized spacial score (nSPS) is 16.1. The molecule has 0 aromatic heterocycles. The van der Waals surface area contributed by atoms with E-state index in [0.29, 0.717) is 12.5 Å². The highest BCUT2D eigenvalue weighted by molar-refractivity contribution is 6.30. The van der Waals surface area contributed by atoms with Gasteiger partial charge in [0.2, 0.25) is 5.91 Å². The van der Waals surface area contributed by atoms with E-state index in [9.17, 15) is 4.79 Å². The molecule has 3 nitrogen and oxygen atoms in total. The summed E-state index contributed by atoms with van der Waals surface area (Å²) < 4.78 is 0. The summed E-state index contributed by atoms with van der Waals surface area (Å²) in [5, 5.41) is 6.93. The molecule has 1 aromatic rings. The van der Waals surface area contributed by atoms with Gasteiger partial charge in [-0.15, -0.1) is 12.4 Å². The average molecular weight is 303 g/mol. The van der Waals surface area contributed by atoms with Crippen LogP contribution in [0.2, 0.25) is 5.02 Å². The largest absolute Gasteiger partial charge is 0.356 e. The van der Waals surface area contributed by atoms with E-state index < -0.39 is 0 Å². The van der Waals surface area contributed by atoms with Gasteiger partial charge in [-0.05, 0) is 43.1 Å². The van der Waals surface area contributed by atoms with Gasteiger partial charge < -0.3 is 10.6 Å². The predicted molar refractivity (Wildman–Crippen MR) is 80.9 cm³/mol. The fraction of sp³-hybridized carbons (Fsp3) is 0.500. The van der Waals surface area contributed by atoms with Crippen LogP contribution in [0.1, 0.15) is 12.5 Å². The second-order valence-electron chi connectivity index (χ2n) is 4.87. The van der Waals surface area contributed by atoms with Crippen LogP contribution in [0.25, 0.3) is 0 Å². The smallest absolute Gasteiger partial charge is 0.223 e. The Labute approximate surface area is 125 Å². The fourth-order valence-corrected chi connectivity index (χ4v) is 2.15. The van der Waals surface area contributed by atoms with Crippen LogP contribution in [0.15, 0.2) is 24.3 Å². The first-order valence-electron chi connectivity index (χ1n) is 6.39. The summed E-state index contributed by atoms with van der Waals surface area (Å²) in [6.45, 7) is 4.62. The van der Waals surface area contributed by atoms with Crippen molar-refractivity contribution in [3.05, 3.63) is 34.9 Å². The Morgan fingerprint density at radius 2 is 2.05 bits per heavy atom. The van der Waals surface area contributed by atoms with E-state index in [0.717, 1.165) is 24.5 Å². The summed E-state index contributed by atoms with van der Waals surface area (Å²) in [7, 11) is 0. The number of nitrogens with one attached hydrogen (secondary N) is 2. The van der Waals surface area contributed by atoms with Crippen molar-refractivity contribution in [2.24, 2.45) is 11.8 Å². The second kappa shape index (κ2) is 7.73. The molecular weight excluding hydrogens is 283 g/mol. The summed E-state index contributed by atoms with van der Waals surface area (Å²) in [6.07, 6.45) is 0.846. The molecular formula is C14H20Cl2N2O. The predicted octanol–water partition coefficient (Wildman–Crippen LogP) is 2.28. The van der Waals surface area contributed by atoms with Gasteiger partial charge >= 0.3 is 0 Å². The second-order valence-corrected chi connectivity index (χ2v) is 5.31.